The molecule has 106 valence electrons. The molecule has 0 bridgehead atoms. The van der Waals surface area contributed by atoms with Gasteiger partial charge in [0.1, 0.15) is 0 Å². The molecule has 0 fully saturated rings. The SMILES string of the molecule is Cn1ccc(NC(=O)c2cn(Cc3ccccc3)nn2)n1. The van der Waals surface area contributed by atoms with E-state index in [0.29, 0.717) is 12.4 Å². The molecule has 3 aromatic rings. The third kappa shape index (κ3) is 3.14. The van der Waals surface area contributed by atoms with Gasteiger partial charge < -0.3 is 5.32 Å². The van der Waals surface area contributed by atoms with Crippen LogP contribution in [0.1, 0.15) is 16.1 Å². The normalized spacial score (nSPS) is 10.5. The van der Waals surface area contributed by atoms with Crippen LogP contribution in [0, 0.1) is 0 Å². The van der Waals surface area contributed by atoms with E-state index in [1.165, 1.54) is 0 Å². The molecule has 7 nitrogen and oxygen atoms in total. The van der Waals surface area contributed by atoms with Crippen molar-refractivity contribution in [2.24, 2.45) is 7.05 Å². The summed E-state index contributed by atoms with van der Waals surface area (Å²) in [6, 6.07) is 11.6. The Hall–Kier alpha value is -2.96. The van der Waals surface area contributed by atoms with Crippen LogP contribution in [0.3, 0.4) is 0 Å². The van der Waals surface area contributed by atoms with Gasteiger partial charge in [-0.1, -0.05) is 35.5 Å². The van der Waals surface area contributed by atoms with Crippen molar-refractivity contribution in [3.63, 3.8) is 0 Å². The van der Waals surface area contributed by atoms with Crippen molar-refractivity contribution in [1.82, 2.24) is 24.8 Å². The minimum absolute atomic E-state index is 0.261. The highest BCUT2D eigenvalue weighted by Crippen LogP contribution is 2.05. The average Bonchev–Trinajstić information content (AvgIpc) is 3.09. The minimum atomic E-state index is -0.326. The molecule has 1 amide bonds. The lowest BCUT2D eigenvalue weighted by Gasteiger charge is -1.99. The molecule has 2 aromatic heterocycles. The van der Waals surface area contributed by atoms with Gasteiger partial charge in [-0.3, -0.25) is 9.48 Å². The summed E-state index contributed by atoms with van der Waals surface area (Å²) in [5.41, 5.74) is 1.36. The third-order valence-corrected chi connectivity index (χ3v) is 2.91. The van der Waals surface area contributed by atoms with Gasteiger partial charge in [0.2, 0.25) is 0 Å². The molecular formula is C14H14N6O. The van der Waals surface area contributed by atoms with Crippen LogP contribution < -0.4 is 5.32 Å². The number of carbonyl (C=O) groups excluding carboxylic acids is 1. The molecule has 0 saturated heterocycles. The lowest BCUT2D eigenvalue weighted by Crippen LogP contribution is -2.13. The molecule has 1 N–H and O–H groups in total. The number of amides is 1. The molecule has 2 heterocycles. The third-order valence-electron chi connectivity index (χ3n) is 2.91. The van der Waals surface area contributed by atoms with Crippen LogP contribution >= 0.6 is 0 Å². The lowest BCUT2D eigenvalue weighted by molar-refractivity contribution is 0.102. The summed E-state index contributed by atoms with van der Waals surface area (Å²) in [5.74, 6) is 0.160. The topological polar surface area (TPSA) is 77.6 Å². The maximum atomic E-state index is 12.0. The molecule has 0 atom stereocenters. The fraction of sp³-hybridized carbons (Fsp3) is 0.143. The second kappa shape index (κ2) is 5.58. The van der Waals surface area contributed by atoms with Crippen molar-refractivity contribution in [2.45, 2.75) is 6.54 Å². The number of benzene rings is 1. The summed E-state index contributed by atoms with van der Waals surface area (Å²) in [7, 11) is 1.78. The van der Waals surface area contributed by atoms with Gasteiger partial charge in [-0.2, -0.15) is 5.10 Å². The number of hydrogen-bond donors (Lipinski definition) is 1. The number of nitrogens with zero attached hydrogens (tertiary/aromatic N) is 5. The van der Waals surface area contributed by atoms with Gasteiger partial charge >= 0.3 is 0 Å². The minimum Gasteiger partial charge on any atom is -0.304 e. The molecule has 0 aliphatic heterocycles. The summed E-state index contributed by atoms with van der Waals surface area (Å²) in [6.07, 6.45) is 3.37. The predicted molar refractivity (Wildman–Crippen MR) is 76.7 cm³/mol. The average molecular weight is 282 g/mol. The van der Waals surface area contributed by atoms with Gasteiger partial charge in [0, 0.05) is 19.3 Å². The van der Waals surface area contributed by atoms with Crippen LogP contribution in [0.5, 0.6) is 0 Å². The van der Waals surface area contributed by atoms with E-state index < -0.39 is 0 Å². The van der Waals surface area contributed by atoms with Crippen molar-refractivity contribution in [2.75, 3.05) is 5.32 Å². The lowest BCUT2D eigenvalue weighted by atomic mass is 10.2. The Morgan fingerprint density at radius 1 is 1.24 bits per heavy atom. The van der Waals surface area contributed by atoms with E-state index in [1.807, 2.05) is 30.3 Å². The van der Waals surface area contributed by atoms with E-state index in [-0.39, 0.29) is 11.6 Å². The predicted octanol–water partition coefficient (Wildman–Crippen LogP) is 1.31. The molecule has 0 aliphatic rings. The number of rotatable bonds is 4. The Balaban J connectivity index is 1.68. The van der Waals surface area contributed by atoms with Gasteiger partial charge in [-0.05, 0) is 5.56 Å². The van der Waals surface area contributed by atoms with E-state index in [9.17, 15) is 4.79 Å². The first kappa shape index (κ1) is 13.0. The van der Waals surface area contributed by atoms with E-state index in [4.69, 9.17) is 0 Å². The Bertz CT molecular complexity index is 746. The highest BCUT2D eigenvalue weighted by molar-refractivity contribution is 6.01. The monoisotopic (exact) mass is 282 g/mol. The van der Waals surface area contributed by atoms with Crippen LogP contribution in [0.4, 0.5) is 5.82 Å². The fourth-order valence-electron chi connectivity index (χ4n) is 1.91. The summed E-state index contributed by atoms with van der Waals surface area (Å²) in [6.45, 7) is 0.574. The zero-order valence-electron chi connectivity index (χ0n) is 11.5. The van der Waals surface area contributed by atoms with Crippen molar-refractivity contribution in [3.8, 4) is 0 Å². The molecular weight excluding hydrogens is 268 g/mol. The van der Waals surface area contributed by atoms with Gasteiger partial charge in [0.05, 0.1) is 12.7 Å². The number of nitrogens with one attached hydrogen (secondary N) is 1. The van der Waals surface area contributed by atoms with Crippen LogP contribution in [0.15, 0.2) is 48.8 Å². The molecule has 21 heavy (non-hydrogen) atoms. The van der Waals surface area contributed by atoms with Gasteiger partial charge in [-0.25, -0.2) is 4.68 Å². The molecule has 0 saturated carbocycles. The van der Waals surface area contributed by atoms with Gasteiger partial charge in [0.15, 0.2) is 11.5 Å². The molecule has 7 heteroatoms. The van der Waals surface area contributed by atoms with Gasteiger partial charge in [0.25, 0.3) is 5.91 Å². The van der Waals surface area contributed by atoms with Gasteiger partial charge in [-0.15, -0.1) is 5.10 Å². The highest BCUT2D eigenvalue weighted by Gasteiger charge is 2.12. The molecule has 0 unspecified atom stereocenters. The Labute approximate surface area is 121 Å². The maximum absolute atomic E-state index is 12.0. The Kier molecular flexibility index (Phi) is 3.46. The Morgan fingerprint density at radius 2 is 2.05 bits per heavy atom. The molecule has 0 aliphatic carbocycles. The highest BCUT2D eigenvalue weighted by atomic mass is 16.2. The van der Waals surface area contributed by atoms with Crippen molar-refractivity contribution in [3.05, 3.63) is 60.0 Å². The first-order valence-corrected chi connectivity index (χ1v) is 6.46. The van der Waals surface area contributed by atoms with Crippen LogP contribution in [0.2, 0.25) is 0 Å². The van der Waals surface area contributed by atoms with E-state index in [2.05, 4.69) is 20.7 Å². The number of carbonyl (C=O) groups is 1. The summed E-state index contributed by atoms with van der Waals surface area (Å²) in [5, 5.41) is 14.6. The molecule has 0 spiro atoms. The van der Waals surface area contributed by atoms with E-state index in [1.54, 1.807) is 34.9 Å². The molecule has 3 rings (SSSR count). The smallest absolute Gasteiger partial charge is 0.279 e. The van der Waals surface area contributed by atoms with Crippen molar-refractivity contribution < 1.29 is 4.79 Å². The molecule has 1 aromatic carbocycles. The second-order valence-corrected chi connectivity index (χ2v) is 4.62. The van der Waals surface area contributed by atoms with Crippen LogP contribution in [-0.2, 0) is 13.6 Å². The second-order valence-electron chi connectivity index (χ2n) is 4.62. The number of hydrogen-bond acceptors (Lipinski definition) is 4. The van der Waals surface area contributed by atoms with E-state index in [0.717, 1.165) is 5.56 Å². The van der Waals surface area contributed by atoms with Crippen LogP contribution in [-0.4, -0.2) is 30.7 Å². The van der Waals surface area contributed by atoms with Crippen LogP contribution in [0.25, 0.3) is 0 Å². The zero-order valence-corrected chi connectivity index (χ0v) is 11.5. The number of aromatic nitrogens is 5. The summed E-state index contributed by atoms with van der Waals surface area (Å²) >= 11 is 0. The first-order valence-electron chi connectivity index (χ1n) is 6.46. The maximum Gasteiger partial charge on any atom is 0.279 e. The van der Waals surface area contributed by atoms with Crippen molar-refractivity contribution in [1.29, 1.82) is 0 Å². The number of aryl methyl sites for hydroxylation is 1. The van der Waals surface area contributed by atoms with Crippen molar-refractivity contribution >= 4 is 11.7 Å². The first-order chi connectivity index (χ1) is 10.2. The van der Waals surface area contributed by atoms with E-state index >= 15 is 0 Å². The largest absolute Gasteiger partial charge is 0.304 e. The molecule has 0 radical (unpaired) electrons. The summed E-state index contributed by atoms with van der Waals surface area (Å²) in [4.78, 5) is 12.0. The fourth-order valence-corrected chi connectivity index (χ4v) is 1.91. The summed E-state index contributed by atoms with van der Waals surface area (Å²) < 4.78 is 3.24. The standard InChI is InChI=1S/C14H14N6O/c1-19-8-7-13(17-19)15-14(21)12-10-20(18-16-12)9-11-5-3-2-4-6-11/h2-8,10H,9H2,1H3,(H,15,17,21). The zero-order chi connectivity index (χ0) is 14.7. The quantitative estimate of drug-likeness (QED) is 0.782. The Morgan fingerprint density at radius 3 is 2.76 bits per heavy atom. The number of anilines is 1.